The minimum Gasteiger partial charge on any atom is -0.478 e. The van der Waals surface area contributed by atoms with Crippen molar-refractivity contribution in [1.82, 2.24) is 0 Å². The highest BCUT2D eigenvalue weighted by Gasteiger charge is 2.35. The lowest BCUT2D eigenvalue weighted by molar-refractivity contribution is -0.152. The summed E-state index contributed by atoms with van der Waals surface area (Å²) in [6.07, 6.45) is 1.78. The minimum atomic E-state index is -0.926. The van der Waals surface area contributed by atoms with Crippen molar-refractivity contribution in [3.8, 4) is 0 Å². The number of hydrogen-bond donors (Lipinski definition) is 1. The topological polar surface area (TPSA) is 63.6 Å². The van der Waals surface area contributed by atoms with Gasteiger partial charge in [-0.2, -0.15) is 0 Å². The lowest BCUT2D eigenvalue weighted by atomic mass is 9.94. The van der Waals surface area contributed by atoms with Gasteiger partial charge in [-0.05, 0) is 47.6 Å². The van der Waals surface area contributed by atoms with Gasteiger partial charge in [0.1, 0.15) is 6.10 Å². The molecule has 2 aromatic rings. The lowest BCUT2D eigenvalue weighted by Crippen LogP contribution is -2.19. The van der Waals surface area contributed by atoms with Crippen LogP contribution in [0.3, 0.4) is 0 Å². The van der Waals surface area contributed by atoms with Crippen LogP contribution in [0.15, 0.2) is 48.5 Å². The van der Waals surface area contributed by atoms with Crippen molar-refractivity contribution in [3.63, 3.8) is 0 Å². The van der Waals surface area contributed by atoms with Crippen LogP contribution in [0.2, 0.25) is 0 Å². The highest BCUT2D eigenvalue weighted by Crippen LogP contribution is 2.40. The average Bonchev–Trinajstić information content (AvgIpc) is 2.92. The van der Waals surface area contributed by atoms with E-state index in [4.69, 9.17) is 9.84 Å². The van der Waals surface area contributed by atoms with E-state index in [0.29, 0.717) is 6.42 Å². The maximum absolute atomic E-state index is 12.2. The standard InChI is InChI=1S/C22H24O4/c1-14(2)11-20(23)26-21-18(13-17-5-3-4-6-19(17)21)12-15-7-9-16(10-8-15)22(24)25/h3-10,14,18,21H,11-13H2,1-2H3,(H,24,25)/t18-,21-/m1/s1. The molecule has 26 heavy (non-hydrogen) atoms. The summed E-state index contributed by atoms with van der Waals surface area (Å²) in [5.41, 5.74) is 3.65. The molecule has 2 aromatic carbocycles. The zero-order valence-corrected chi connectivity index (χ0v) is 15.1. The molecule has 0 heterocycles. The van der Waals surface area contributed by atoms with Gasteiger partial charge in [-0.3, -0.25) is 4.79 Å². The molecular weight excluding hydrogens is 328 g/mol. The Labute approximate surface area is 153 Å². The Morgan fingerprint density at radius 1 is 1.12 bits per heavy atom. The molecule has 0 saturated heterocycles. The van der Waals surface area contributed by atoms with Crippen molar-refractivity contribution in [3.05, 3.63) is 70.8 Å². The van der Waals surface area contributed by atoms with Gasteiger partial charge in [0, 0.05) is 12.3 Å². The van der Waals surface area contributed by atoms with Gasteiger partial charge < -0.3 is 9.84 Å². The third-order valence-corrected chi connectivity index (χ3v) is 4.80. The number of ether oxygens (including phenoxy) is 1. The zero-order chi connectivity index (χ0) is 18.7. The Bertz CT molecular complexity index is 792. The molecule has 2 atom stereocenters. The Kier molecular flexibility index (Phi) is 5.40. The first kappa shape index (κ1) is 18.2. The summed E-state index contributed by atoms with van der Waals surface area (Å²) in [5.74, 6) is -0.654. The van der Waals surface area contributed by atoms with Crippen molar-refractivity contribution in [2.45, 2.75) is 39.2 Å². The number of fused-ring (bicyclic) bond motifs is 1. The van der Waals surface area contributed by atoms with E-state index in [1.807, 2.05) is 44.2 Å². The van der Waals surface area contributed by atoms with Gasteiger partial charge in [-0.25, -0.2) is 4.79 Å². The number of rotatable bonds is 6. The van der Waals surface area contributed by atoms with Gasteiger partial charge in [-0.1, -0.05) is 50.2 Å². The van der Waals surface area contributed by atoms with Crippen LogP contribution in [0.25, 0.3) is 0 Å². The molecule has 4 heteroatoms. The summed E-state index contributed by atoms with van der Waals surface area (Å²) < 4.78 is 5.86. The first-order valence-electron chi connectivity index (χ1n) is 9.03. The summed E-state index contributed by atoms with van der Waals surface area (Å²) >= 11 is 0. The fourth-order valence-corrected chi connectivity index (χ4v) is 3.59. The van der Waals surface area contributed by atoms with E-state index in [1.165, 1.54) is 5.56 Å². The lowest BCUT2D eigenvalue weighted by Gasteiger charge is -2.22. The molecule has 0 radical (unpaired) electrons. The second-order valence-electron chi connectivity index (χ2n) is 7.38. The van der Waals surface area contributed by atoms with Gasteiger partial charge in [0.15, 0.2) is 0 Å². The second-order valence-corrected chi connectivity index (χ2v) is 7.38. The fraction of sp³-hybridized carbons (Fsp3) is 0.364. The number of carbonyl (C=O) groups is 2. The maximum Gasteiger partial charge on any atom is 0.335 e. The van der Waals surface area contributed by atoms with Crippen LogP contribution in [0.5, 0.6) is 0 Å². The highest BCUT2D eigenvalue weighted by atomic mass is 16.5. The fourth-order valence-electron chi connectivity index (χ4n) is 3.59. The van der Waals surface area contributed by atoms with E-state index in [1.54, 1.807) is 12.1 Å². The van der Waals surface area contributed by atoms with Gasteiger partial charge >= 0.3 is 11.9 Å². The minimum absolute atomic E-state index is 0.159. The molecule has 4 nitrogen and oxygen atoms in total. The van der Waals surface area contributed by atoms with Crippen LogP contribution >= 0.6 is 0 Å². The van der Waals surface area contributed by atoms with Crippen molar-refractivity contribution < 1.29 is 19.4 Å². The second kappa shape index (κ2) is 7.73. The number of benzene rings is 2. The number of carboxylic acids is 1. The number of hydrogen-bond acceptors (Lipinski definition) is 3. The number of carbonyl (C=O) groups excluding carboxylic acids is 1. The molecule has 0 fully saturated rings. The van der Waals surface area contributed by atoms with Gasteiger partial charge in [-0.15, -0.1) is 0 Å². The monoisotopic (exact) mass is 352 g/mol. The molecule has 0 aromatic heterocycles. The number of aromatic carboxylic acids is 1. The Balaban J connectivity index is 1.78. The summed E-state index contributed by atoms with van der Waals surface area (Å²) in [5, 5.41) is 9.03. The van der Waals surface area contributed by atoms with Crippen LogP contribution in [-0.2, 0) is 22.4 Å². The van der Waals surface area contributed by atoms with Gasteiger partial charge in [0.05, 0.1) is 5.56 Å². The van der Waals surface area contributed by atoms with Crippen LogP contribution in [0.4, 0.5) is 0 Å². The Morgan fingerprint density at radius 2 is 1.81 bits per heavy atom. The van der Waals surface area contributed by atoms with Crippen molar-refractivity contribution in [2.75, 3.05) is 0 Å². The highest BCUT2D eigenvalue weighted by molar-refractivity contribution is 5.87. The van der Waals surface area contributed by atoms with Crippen molar-refractivity contribution in [2.24, 2.45) is 11.8 Å². The quantitative estimate of drug-likeness (QED) is 0.781. The first-order chi connectivity index (χ1) is 12.4. The van der Waals surface area contributed by atoms with E-state index >= 15 is 0 Å². The molecule has 0 amide bonds. The molecule has 1 aliphatic rings. The molecule has 1 N–H and O–H groups in total. The van der Waals surface area contributed by atoms with Gasteiger partial charge in [0.2, 0.25) is 0 Å². The van der Waals surface area contributed by atoms with Crippen molar-refractivity contribution in [1.29, 1.82) is 0 Å². The predicted octanol–water partition coefficient (Wildman–Crippen LogP) is 4.43. The van der Waals surface area contributed by atoms with E-state index in [-0.39, 0.29) is 29.5 Å². The Morgan fingerprint density at radius 3 is 2.46 bits per heavy atom. The van der Waals surface area contributed by atoms with Crippen LogP contribution < -0.4 is 0 Å². The van der Waals surface area contributed by atoms with Crippen LogP contribution in [0, 0.1) is 11.8 Å². The van der Waals surface area contributed by atoms with Crippen LogP contribution in [-0.4, -0.2) is 17.0 Å². The molecule has 1 aliphatic carbocycles. The van der Waals surface area contributed by atoms with Crippen LogP contribution in [0.1, 0.15) is 53.4 Å². The average molecular weight is 352 g/mol. The molecule has 0 saturated carbocycles. The zero-order valence-electron chi connectivity index (χ0n) is 15.1. The number of esters is 1. The van der Waals surface area contributed by atoms with E-state index in [9.17, 15) is 9.59 Å². The Hall–Kier alpha value is -2.62. The molecule has 136 valence electrons. The first-order valence-corrected chi connectivity index (χ1v) is 9.03. The normalized spacial score (nSPS) is 18.6. The smallest absolute Gasteiger partial charge is 0.335 e. The maximum atomic E-state index is 12.2. The largest absolute Gasteiger partial charge is 0.478 e. The summed E-state index contributed by atoms with van der Waals surface area (Å²) in [6.45, 7) is 4.01. The third-order valence-electron chi connectivity index (χ3n) is 4.80. The predicted molar refractivity (Wildman–Crippen MR) is 99.0 cm³/mol. The summed E-state index contributed by atoms with van der Waals surface area (Å²) in [6, 6.07) is 15.1. The summed E-state index contributed by atoms with van der Waals surface area (Å²) in [4.78, 5) is 23.3. The molecule has 0 unspecified atom stereocenters. The van der Waals surface area contributed by atoms with E-state index < -0.39 is 5.97 Å². The molecular formula is C22H24O4. The molecule has 0 aliphatic heterocycles. The summed E-state index contributed by atoms with van der Waals surface area (Å²) in [7, 11) is 0. The third kappa shape index (κ3) is 4.13. The van der Waals surface area contributed by atoms with E-state index in [2.05, 4.69) is 6.07 Å². The van der Waals surface area contributed by atoms with Crippen molar-refractivity contribution >= 4 is 11.9 Å². The molecule has 3 rings (SSSR count). The SMILES string of the molecule is CC(C)CC(=O)O[C@H]1c2ccccc2C[C@H]1Cc1ccc(C(=O)O)cc1. The van der Waals surface area contributed by atoms with Gasteiger partial charge in [0.25, 0.3) is 0 Å². The molecule has 0 bridgehead atoms. The van der Waals surface area contributed by atoms with E-state index in [0.717, 1.165) is 24.0 Å². The molecule has 0 spiro atoms. The number of carboxylic acid groups (broad SMARTS) is 1.